The highest BCUT2D eigenvalue weighted by Crippen LogP contribution is 2.26. The summed E-state index contributed by atoms with van der Waals surface area (Å²) in [5.74, 6) is 1.64. The van der Waals surface area contributed by atoms with Gasteiger partial charge in [-0.05, 0) is 30.2 Å². The predicted octanol–water partition coefficient (Wildman–Crippen LogP) is 2.65. The summed E-state index contributed by atoms with van der Waals surface area (Å²) in [7, 11) is 0. The second-order valence-corrected chi connectivity index (χ2v) is 4.88. The standard InChI is InChI=1S/C15H12N6O/c1-2-4-11(5-3-1)14-18-19-15(22-14)12-8-6-10(7-9-12)13-16-20-21-17-13/h1-2,4,6-9H,3,5H2,(H,16,17,20,21). The molecule has 2 heterocycles. The van der Waals surface area contributed by atoms with Crippen molar-refractivity contribution in [3.63, 3.8) is 0 Å². The Bertz CT molecular complexity index is 829. The molecule has 4 rings (SSSR count). The van der Waals surface area contributed by atoms with Crippen molar-refractivity contribution in [1.29, 1.82) is 0 Å². The van der Waals surface area contributed by atoms with Crippen LogP contribution in [0.5, 0.6) is 0 Å². The molecule has 0 radical (unpaired) electrons. The van der Waals surface area contributed by atoms with E-state index in [4.69, 9.17) is 4.42 Å². The number of allylic oxidation sites excluding steroid dienone is 4. The van der Waals surface area contributed by atoms with Gasteiger partial charge in [0.25, 0.3) is 0 Å². The van der Waals surface area contributed by atoms with Gasteiger partial charge in [-0.2, -0.15) is 5.21 Å². The summed E-state index contributed by atoms with van der Waals surface area (Å²) in [6, 6.07) is 7.59. The van der Waals surface area contributed by atoms with E-state index in [2.05, 4.69) is 36.9 Å². The van der Waals surface area contributed by atoms with Gasteiger partial charge < -0.3 is 4.42 Å². The first-order valence-electron chi connectivity index (χ1n) is 6.94. The van der Waals surface area contributed by atoms with Crippen LogP contribution in [0, 0.1) is 0 Å². The molecule has 1 N–H and O–H groups in total. The summed E-state index contributed by atoms with van der Waals surface area (Å²) >= 11 is 0. The Morgan fingerprint density at radius 2 is 1.77 bits per heavy atom. The summed E-state index contributed by atoms with van der Waals surface area (Å²) in [6.45, 7) is 0. The van der Waals surface area contributed by atoms with Crippen molar-refractivity contribution in [3.8, 4) is 22.8 Å². The fraction of sp³-hybridized carbons (Fsp3) is 0.133. The average molecular weight is 292 g/mol. The van der Waals surface area contributed by atoms with Gasteiger partial charge in [-0.3, -0.25) is 0 Å². The average Bonchev–Trinajstić information content (AvgIpc) is 3.28. The monoisotopic (exact) mass is 292 g/mol. The van der Waals surface area contributed by atoms with E-state index in [1.165, 1.54) is 0 Å². The number of rotatable bonds is 3. The number of hydrogen-bond acceptors (Lipinski definition) is 6. The van der Waals surface area contributed by atoms with E-state index in [0.717, 1.165) is 29.5 Å². The van der Waals surface area contributed by atoms with Gasteiger partial charge in [0.05, 0.1) is 0 Å². The first kappa shape index (κ1) is 12.6. The van der Waals surface area contributed by atoms with Crippen LogP contribution in [0.3, 0.4) is 0 Å². The van der Waals surface area contributed by atoms with Gasteiger partial charge >= 0.3 is 0 Å². The minimum absolute atomic E-state index is 0.505. The molecule has 108 valence electrons. The molecule has 0 spiro atoms. The van der Waals surface area contributed by atoms with Crippen LogP contribution in [0.15, 0.2) is 46.9 Å². The number of aromatic nitrogens is 6. The topological polar surface area (TPSA) is 93.4 Å². The van der Waals surface area contributed by atoms with Gasteiger partial charge in [0.1, 0.15) is 0 Å². The number of nitrogens with zero attached hydrogens (tertiary/aromatic N) is 5. The summed E-state index contributed by atoms with van der Waals surface area (Å²) in [6.07, 6.45) is 8.08. The largest absolute Gasteiger partial charge is 0.416 e. The van der Waals surface area contributed by atoms with Crippen LogP contribution in [0.2, 0.25) is 0 Å². The molecule has 7 heteroatoms. The summed E-state index contributed by atoms with van der Waals surface area (Å²) in [5.41, 5.74) is 2.81. The summed E-state index contributed by atoms with van der Waals surface area (Å²) < 4.78 is 5.77. The molecular formula is C15H12N6O. The third kappa shape index (κ3) is 2.32. The number of tetrazole rings is 1. The fourth-order valence-electron chi connectivity index (χ4n) is 2.30. The van der Waals surface area contributed by atoms with Gasteiger partial charge in [-0.15, -0.1) is 20.4 Å². The van der Waals surface area contributed by atoms with Crippen molar-refractivity contribution >= 4 is 5.57 Å². The summed E-state index contributed by atoms with van der Waals surface area (Å²) in [4.78, 5) is 0. The molecule has 0 amide bonds. The van der Waals surface area contributed by atoms with E-state index in [0.29, 0.717) is 17.6 Å². The van der Waals surface area contributed by atoms with Crippen LogP contribution in [0.25, 0.3) is 28.4 Å². The molecule has 1 aliphatic rings. The van der Waals surface area contributed by atoms with Crippen LogP contribution in [0.1, 0.15) is 18.7 Å². The molecule has 1 aromatic carbocycles. The maximum Gasteiger partial charge on any atom is 0.248 e. The molecule has 0 saturated carbocycles. The fourth-order valence-corrected chi connectivity index (χ4v) is 2.30. The highest BCUT2D eigenvalue weighted by atomic mass is 16.4. The van der Waals surface area contributed by atoms with E-state index in [-0.39, 0.29) is 0 Å². The minimum atomic E-state index is 0.505. The highest BCUT2D eigenvalue weighted by Gasteiger charge is 2.13. The van der Waals surface area contributed by atoms with Crippen molar-refractivity contribution in [2.75, 3.05) is 0 Å². The van der Waals surface area contributed by atoms with E-state index in [1.807, 2.05) is 36.4 Å². The molecule has 0 bridgehead atoms. The molecule has 3 aromatic rings. The number of benzene rings is 1. The van der Waals surface area contributed by atoms with E-state index in [1.54, 1.807) is 0 Å². The van der Waals surface area contributed by atoms with Gasteiger partial charge in [0.2, 0.25) is 17.6 Å². The Hall–Kier alpha value is -3.09. The predicted molar refractivity (Wildman–Crippen MR) is 79.3 cm³/mol. The lowest BCUT2D eigenvalue weighted by atomic mass is 10.1. The van der Waals surface area contributed by atoms with Crippen molar-refractivity contribution in [3.05, 3.63) is 48.4 Å². The maximum atomic E-state index is 5.77. The zero-order chi connectivity index (χ0) is 14.8. The third-order valence-corrected chi connectivity index (χ3v) is 3.45. The third-order valence-electron chi connectivity index (χ3n) is 3.45. The minimum Gasteiger partial charge on any atom is -0.416 e. The zero-order valence-electron chi connectivity index (χ0n) is 11.6. The molecule has 0 saturated heterocycles. The first-order valence-corrected chi connectivity index (χ1v) is 6.94. The SMILES string of the molecule is C1=CCCC(c2nnc(-c3ccc(-c4nn[nH]n4)cc3)o2)=C1. The maximum absolute atomic E-state index is 5.77. The van der Waals surface area contributed by atoms with Crippen molar-refractivity contribution < 1.29 is 4.42 Å². The highest BCUT2D eigenvalue weighted by molar-refractivity contribution is 5.65. The van der Waals surface area contributed by atoms with Crippen LogP contribution in [-0.2, 0) is 0 Å². The lowest BCUT2D eigenvalue weighted by Crippen LogP contribution is -1.87. The Morgan fingerprint density at radius 1 is 0.955 bits per heavy atom. The Balaban J connectivity index is 1.61. The lowest BCUT2D eigenvalue weighted by molar-refractivity contribution is 0.550. The molecule has 1 aliphatic carbocycles. The smallest absolute Gasteiger partial charge is 0.248 e. The lowest BCUT2D eigenvalue weighted by Gasteiger charge is -2.02. The van der Waals surface area contributed by atoms with E-state index in [9.17, 15) is 0 Å². The van der Waals surface area contributed by atoms with E-state index >= 15 is 0 Å². The second-order valence-electron chi connectivity index (χ2n) is 4.88. The Kier molecular flexibility index (Phi) is 3.08. The molecule has 0 aliphatic heterocycles. The van der Waals surface area contributed by atoms with Crippen LogP contribution >= 0.6 is 0 Å². The van der Waals surface area contributed by atoms with Crippen LogP contribution < -0.4 is 0 Å². The number of hydrogen-bond donors (Lipinski definition) is 1. The van der Waals surface area contributed by atoms with Crippen molar-refractivity contribution in [2.24, 2.45) is 0 Å². The molecule has 7 nitrogen and oxygen atoms in total. The quantitative estimate of drug-likeness (QED) is 0.797. The van der Waals surface area contributed by atoms with E-state index < -0.39 is 0 Å². The van der Waals surface area contributed by atoms with Gasteiger partial charge in [0, 0.05) is 16.7 Å². The van der Waals surface area contributed by atoms with Gasteiger partial charge in [0.15, 0.2) is 0 Å². The summed E-state index contributed by atoms with van der Waals surface area (Å²) in [5, 5.41) is 22.1. The van der Waals surface area contributed by atoms with Crippen molar-refractivity contribution in [1.82, 2.24) is 30.8 Å². The molecule has 22 heavy (non-hydrogen) atoms. The zero-order valence-corrected chi connectivity index (χ0v) is 11.6. The number of aromatic amines is 1. The molecular weight excluding hydrogens is 280 g/mol. The molecule has 0 fully saturated rings. The number of nitrogens with one attached hydrogen (secondary N) is 1. The van der Waals surface area contributed by atoms with Crippen LogP contribution in [0.4, 0.5) is 0 Å². The molecule has 2 aromatic heterocycles. The normalized spacial score (nSPS) is 14.1. The Morgan fingerprint density at radius 3 is 2.50 bits per heavy atom. The first-order chi connectivity index (χ1) is 10.9. The molecule has 0 unspecified atom stereocenters. The second kappa shape index (κ2) is 5.36. The van der Waals surface area contributed by atoms with Gasteiger partial charge in [-0.1, -0.05) is 30.4 Å². The van der Waals surface area contributed by atoms with Crippen molar-refractivity contribution in [2.45, 2.75) is 12.8 Å². The number of H-pyrrole nitrogens is 1. The van der Waals surface area contributed by atoms with Gasteiger partial charge in [-0.25, -0.2) is 0 Å². The molecule has 0 atom stereocenters. The van der Waals surface area contributed by atoms with Crippen LogP contribution in [-0.4, -0.2) is 30.8 Å². The Labute approximate surface area is 125 Å².